The van der Waals surface area contributed by atoms with Crippen molar-refractivity contribution in [1.29, 1.82) is 0 Å². The average molecular weight is 959 g/mol. The molecule has 0 radical (unpaired) electrons. The summed E-state index contributed by atoms with van der Waals surface area (Å²) in [6.07, 6.45) is 79.7. The number of carbonyl (C=O) groups is 1. The molecule has 0 bridgehead atoms. The Bertz CT molecular complexity index is 952. The van der Waals surface area contributed by atoms with Crippen LogP contribution in [0.4, 0.5) is 0 Å². The number of carbonyl (C=O) groups excluding carboxylic acids is 1. The van der Waals surface area contributed by atoms with Crippen LogP contribution in [-0.4, -0.2) is 34.9 Å². The smallest absolute Gasteiger partial charge is 0.220 e. The molecule has 0 rings (SSSR count). The zero-order valence-electron chi connectivity index (χ0n) is 46.9. The van der Waals surface area contributed by atoms with Crippen LogP contribution in [0.1, 0.15) is 373 Å². The Morgan fingerprint density at radius 2 is 0.559 bits per heavy atom. The minimum Gasteiger partial charge on any atom is -0.394 e. The third-order valence-corrected chi connectivity index (χ3v) is 15.3. The molecule has 4 heteroatoms. The highest BCUT2D eigenvalue weighted by atomic mass is 16.3. The third kappa shape index (κ3) is 56.0. The van der Waals surface area contributed by atoms with Gasteiger partial charge in [0.1, 0.15) is 0 Å². The first kappa shape index (κ1) is 67.1. The minimum absolute atomic E-state index is 0.0228. The lowest BCUT2D eigenvalue weighted by Crippen LogP contribution is -2.45. The normalized spacial score (nSPS) is 12.7. The van der Waals surface area contributed by atoms with E-state index in [1.54, 1.807) is 0 Å². The number of aliphatic hydroxyl groups excluding tert-OH is 2. The standard InChI is InChI=1S/C64H127NO3/c1-3-5-7-9-11-13-15-17-19-20-21-22-23-24-25-26-27-28-29-30-31-32-33-34-35-36-37-38-39-40-41-42-43-44-46-48-50-52-54-56-58-60-64(68)65-62(61-66)63(67)59-57-55-53-51-49-47-45-18-16-14-12-10-8-6-4-2/h20-21,62-63,66-67H,3-19,22-61H2,1-2H3,(H,65,68)/b21-20-. The van der Waals surface area contributed by atoms with Crippen LogP contribution < -0.4 is 5.32 Å². The van der Waals surface area contributed by atoms with Crippen molar-refractivity contribution in [1.82, 2.24) is 5.32 Å². The molecule has 2 atom stereocenters. The summed E-state index contributed by atoms with van der Waals surface area (Å²) in [7, 11) is 0. The van der Waals surface area contributed by atoms with E-state index in [1.165, 1.54) is 321 Å². The molecule has 0 fully saturated rings. The van der Waals surface area contributed by atoms with E-state index in [0.29, 0.717) is 12.8 Å². The Kier molecular flexibility index (Phi) is 59.7. The van der Waals surface area contributed by atoms with Crippen LogP contribution in [0.25, 0.3) is 0 Å². The van der Waals surface area contributed by atoms with Gasteiger partial charge in [-0.05, 0) is 38.5 Å². The largest absolute Gasteiger partial charge is 0.394 e. The third-order valence-electron chi connectivity index (χ3n) is 15.3. The van der Waals surface area contributed by atoms with Gasteiger partial charge in [0.2, 0.25) is 5.91 Å². The number of unbranched alkanes of at least 4 members (excludes halogenated alkanes) is 51. The fourth-order valence-corrected chi connectivity index (χ4v) is 10.4. The first-order chi connectivity index (χ1) is 33.7. The molecular weight excluding hydrogens is 831 g/mol. The molecule has 0 aromatic carbocycles. The maximum atomic E-state index is 12.5. The van der Waals surface area contributed by atoms with Crippen molar-refractivity contribution in [2.45, 2.75) is 386 Å². The van der Waals surface area contributed by atoms with Gasteiger partial charge in [-0.2, -0.15) is 0 Å². The number of rotatable bonds is 60. The van der Waals surface area contributed by atoms with E-state index in [9.17, 15) is 15.0 Å². The lowest BCUT2D eigenvalue weighted by atomic mass is 10.0. The summed E-state index contributed by atoms with van der Waals surface area (Å²) >= 11 is 0. The Balaban J connectivity index is 3.32. The summed E-state index contributed by atoms with van der Waals surface area (Å²) in [4.78, 5) is 12.5. The van der Waals surface area contributed by atoms with Gasteiger partial charge in [-0.25, -0.2) is 0 Å². The second kappa shape index (κ2) is 60.4. The van der Waals surface area contributed by atoms with Gasteiger partial charge in [-0.3, -0.25) is 4.79 Å². The van der Waals surface area contributed by atoms with Crippen LogP contribution in [0.3, 0.4) is 0 Å². The van der Waals surface area contributed by atoms with Gasteiger partial charge < -0.3 is 15.5 Å². The lowest BCUT2D eigenvalue weighted by molar-refractivity contribution is -0.123. The molecular formula is C64H127NO3. The van der Waals surface area contributed by atoms with Crippen LogP contribution >= 0.6 is 0 Å². The predicted octanol–water partition coefficient (Wildman–Crippen LogP) is 21.3. The average Bonchev–Trinajstić information content (AvgIpc) is 3.34. The lowest BCUT2D eigenvalue weighted by Gasteiger charge is -2.22. The van der Waals surface area contributed by atoms with Gasteiger partial charge in [0, 0.05) is 6.42 Å². The predicted molar refractivity (Wildman–Crippen MR) is 304 cm³/mol. The second-order valence-corrected chi connectivity index (χ2v) is 22.2. The zero-order chi connectivity index (χ0) is 49.2. The SMILES string of the molecule is CCCCCCCCCC/C=C\CCCCCCCCCCCCCCCCCCCCCCCCCCCCCCCC(=O)NC(CO)C(O)CCCCCCCCCCCCCCCCC. The van der Waals surface area contributed by atoms with Gasteiger partial charge >= 0.3 is 0 Å². The minimum atomic E-state index is -0.655. The van der Waals surface area contributed by atoms with Crippen LogP contribution in [0.5, 0.6) is 0 Å². The number of aliphatic hydroxyl groups is 2. The van der Waals surface area contributed by atoms with E-state index in [0.717, 1.165) is 25.7 Å². The summed E-state index contributed by atoms with van der Waals surface area (Å²) in [6.45, 7) is 4.39. The molecule has 3 N–H and O–H groups in total. The zero-order valence-corrected chi connectivity index (χ0v) is 46.9. The van der Waals surface area contributed by atoms with E-state index >= 15 is 0 Å². The first-order valence-electron chi connectivity index (χ1n) is 31.9. The summed E-state index contributed by atoms with van der Waals surface area (Å²) in [5.41, 5.74) is 0. The van der Waals surface area contributed by atoms with Crippen LogP contribution in [-0.2, 0) is 4.79 Å². The first-order valence-corrected chi connectivity index (χ1v) is 31.9. The molecule has 0 aromatic rings. The number of nitrogens with one attached hydrogen (secondary N) is 1. The van der Waals surface area contributed by atoms with Crippen LogP contribution in [0.2, 0.25) is 0 Å². The Morgan fingerprint density at radius 1 is 0.338 bits per heavy atom. The summed E-state index contributed by atoms with van der Waals surface area (Å²) in [6, 6.07) is -0.532. The maximum absolute atomic E-state index is 12.5. The summed E-state index contributed by atoms with van der Waals surface area (Å²) in [5, 5.41) is 23.3. The van der Waals surface area contributed by atoms with Crippen molar-refractivity contribution >= 4 is 5.91 Å². The highest BCUT2D eigenvalue weighted by Crippen LogP contribution is 2.19. The molecule has 0 aromatic heterocycles. The van der Waals surface area contributed by atoms with Crippen molar-refractivity contribution in [3.05, 3.63) is 12.2 Å². The topological polar surface area (TPSA) is 69.6 Å². The van der Waals surface area contributed by atoms with E-state index < -0.39 is 12.1 Å². The second-order valence-electron chi connectivity index (χ2n) is 22.2. The van der Waals surface area contributed by atoms with Crippen molar-refractivity contribution in [2.24, 2.45) is 0 Å². The Morgan fingerprint density at radius 3 is 0.809 bits per heavy atom. The quantitative estimate of drug-likeness (QED) is 0.0420. The van der Waals surface area contributed by atoms with Gasteiger partial charge in [0.25, 0.3) is 0 Å². The molecule has 0 aliphatic carbocycles. The molecule has 0 aliphatic heterocycles. The van der Waals surface area contributed by atoms with E-state index in [2.05, 4.69) is 31.3 Å². The van der Waals surface area contributed by atoms with E-state index in [1.807, 2.05) is 0 Å². The van der Waals surface area contributed by atoms with Crippen LogP contribution in [0.15, 0.2) is 12.2 Å². The fourth-order valence-electron chi connectivity index (χ4n) is 10.4. The monoisotopic (exact) mass is 958 g/mol. The van der Waals surface area contributed by atoms with E-state index in [-0.39, 0.29) is 12.5 Å². The molecule has 0 aliphatic rings. The molecule has 0 saturated carbocycles. The molecule has 0 spiro atoms. The molecule has 4 nitrogen and oxygen atoms in total. The van der Waals surface area contributed by atoms with E-state index in [4.69, 9.17) is 0 Å². The van der Waals surface area contributed by atoms with Crippen molar-refractivity contribution in [3.8, 4) is 0 Å². The van der Waals surface area contributed by atoms with Gasteiger partial charge in [-0.1, -0.05) is 341 Å². The van der Waals surface area contributed by atoms with Crippen molar-refractivity contribution in [3.63, 3.8) is 0 Å². The van der Waals surface area contributed by atoms with Gasteiger partial charge in [-0.15, -0.1) is 0 Å². The number of allylic oxidation sites excluding steroid dienone is 2. The highest BCUT2D eigenvalue weighted by molar-refractivity contribution is 5.76. The maximum Gasteiger partial charge on any atom is 0.220 e. The van der Waals surface area contributed by atoms with Gasteiger partial charge in [0.15, 0.2) is 0 Å². The highest BCUT2D eigenvalue weighted by Gasteiger charge is 2.20. The number of hydrogen-bond donors (Lipinski definition) is 3. The number of amides is 1. The van der Waals surface area contributed by atoms with Crippen LogP contribution in [0, 0.1) is 0 Å². The molecule has 0 saturated heterocycles. The fraction of sp³-hybridized carbons (Fsp3) is 0.953. The van der Waals surface area contributed by atoms with Gasteiger partial charge in [0.05, 0.1) is 18.8 Å². The molecule has 2 unspecified atom stereocenters. The molecule has 68 heavy (non-hydrogen) atoms. The van der Waals surface area contributed by atoms with Crippen molar-refractivity contribution in [2.75, 3.05) is 6.61 Å². The molecule has 406 valence electrons. The molecule has 1 amide bonds. The molecule has 0 heterocycles. The Hall–Kier alpha value is -0.870. The summed E-state index contributed by atoms with van der Waals surface area (Å²) in [5.74, 6) is -0.0228. The summed E-state index contributed by atoms with van der Waals surface area (Å²) < 4.78 is 0. The Labute approximate surface area is 428 Å². The number of hydrogen-bond acceptors (Lipinski definition) is 3. The van der Waals surface area contributed by atoms with Crippen molar-refractivity contribution < 1.29 is 15.0 Å².